The molecule has 4 rings (SSSR count). The molecule has 136 valence electrons. The van der Waals surface area contributed by atoms with Gasteiger partial charge in [-0.25, -0.2) is 9.97 Å². The number of carbonyl (C=O) groups is 1. The van der Waals surface area contributed by atoms with Gasteiger partial charge in [0.05, 0.1) is 16.7 Å². The van der Waals surface area contributed by atoms with Gasteiger partial charge in [0.25, 0.3) is 0 Å². The smallest absolute Gasteiger partial charge is 0.242 e. The molecule has 6 nitrogen and oxygen atoms in total. The van der Waals surface area contributed by atoms with E-state index >= 15 is 0 Å². The van der Waals surface area contributed by atoms with Crippen molar-refractivity contribution >= 4 is 16.9 Å². The van der Waals surface area contributed by atoms with E-state index in [1.165, 1.54) is 0 Å². The highest BCUT2D eigenvalue weighted by atomic mass is 16.2. The van der Waals surface area contributed by atoms with E-state index in [4.69, 9.17) is 0 Å². The molecule has 1 aromatic carbocycles. The summed E-state index contributed by atoms with van der Waals surface area (Å²) in [5, 5.41) is 0. The van der Waals surface area contributed by atoms with Crippen LogP contribution in [0.4, 0.5) is 0 Å². The van der Waals surface area contributed by atoms with Gasteiger partial charge in [0.1, 0.15) is 18.2 Å². The van der Waals surface area contributed by atoms with Crippen molar-refractivity contribution in [3.05, 3.63) is 47.8 Å². The Labute approximate surface area is 153 Å². The average Bonchev–Trinajstić information content (AvgIpc) is 3.14. The van der Waals surface area contributed by atoms with E-state index in [0.717, 1.165) is 54.3 Å². The maximum Gasteiger partial charge on any atom is 0.242 e. The van der Waals surface area contributed by atoms with Gasteiger partial charge in [-0.05, 0) is 38.8 Å². The third kappa shape index (κ3) is 3.00. The molecular formula is C20H25N5O. The number of hydrogen-bond donors (Lipinski definition) is 0. The molecule has 3 heterocycles. The molecule has 1 amide bonds. The minimum atomic E-state index is 0.159. The molecule has 0 spiro atoms. The van der Waals surface area contributed by atoms with Crippen molar-refractivity contribution in [1.29, 1.82) is 0 Å². The predicted octanol–water partition coefficient (Wildman–Crippen LogP) is 2.79. The van der Waals surface area contributed by atoms with Crippen molar-refractivity contribution in [2.45, 2.75) is 39.2 Å². The lowest BCUT2D eigenvalue weighted by atomic mass is 9.97. The molecule has 1 saturated heterocycles. The van der Waals surface area contributed by atoms with Crippen molar-refractivity contribution in [1.82, 2.24) is 24.0 Å². The molecule has 0 radical (unpaired) electrons. The largest absolute Gasteiger partial charge is 0.340 e. The minimum Gasteiger partial charge on any atom is -0.340 e. The van der Waals surface area contributed by atoms with Gasteiger partial charge in [-0.1, -0.05) is 12.1 Å². The lowest BCUT2D eigenvalue weighted by Gasteiger charge is -2.32. The van der Waals surface area contributed by atoms with Crippen LogP contribution in [0.3, 0.4) is 0 Å². The predicted molar refractivity (Wildman–Crippen MR) is 101 cm³/mol. The standard InChI is InChI=1S/C20H25N5O/c1-14-11-23(3)20(21-14)16-7-6-10-24(12-16)19(26)13-25-15(2)22-17-8-4-5-9-18(17)25/h4-5,8-9,11,16H,6-7,10,12-13H2,1-3H3/t16-/m1/s1. The summed E-state index contributed by atoms with van der Waals surface area (Å²) in [5.41, 5.74) is 3.00. The fourth-order valence-corrected chi connectivity index (χ4v) is 4.06. The average molecular weight is 351 g/mol. The van der Waals surface area contributed by atoms with Gasteiger partial charge in [-0.2, -0.15) is 0 Å². The second-order valence-electron chi connectivity index (χ2n) is 7.26. The Hall–Kier alpha value is -2.63. The van der Waals surface area contributed by atoms with Crippen LogP contribution in [0.15, 0.2) is 30.5 Å². The van der Waals surface area contributed by atoms with E-state index < -0.39 is 0 Å². The number of rotatable bonds is 3. The number of aryl methyl sites for hydroxylation is 3. The maximum absolute atomic E-state index is 13.0. The van der Waals surface area contributed by atoms with Gasteiger partial charge in [0.15, 0.2) is 0 Å². The molecule has 0 bridgehead atoms. The van der Waals surface area contributed by atoms with Gasteiger partial charge in [-0.15, -0.1) is 0 Å². The highest BCUT2D eigenvalue weighted by Gasteiger charge is 2.27. The lowest BCUT2D eigenvalue weighted by molar-refractivity contribution is -0.133. The van der Waals surface area contributed by atoms with Crippen LogP contribution in [0.25, 0.3) is 11.0 Å². The molecule has 3 aromatic rings. The molecule has 0 unspecified atom stereocenters. The zero-order valence-corrected chi connectivity index (χ0v) is 15.6. The van der Waals surface area contributed by atoms with Crippen molar-refractivity contribution in [2.24, 2.45) is 7.05 Å². The van der Waals surface area contributed by atoms with Crippen LogP contribution in [0, 0.1) is 13.8 Å². The summed E-state index contributed by atoms with van der Waals surface area (Å²) in [5.74, 6) is 2.44. The Morgan fingerprint density at radius 3 is 2.81 bits per heavy atom. The third-order valence-corrected chi connectivity index (χ3v) is 5.31. The first kappa shape index (κ1) is 16.8. The Balaban J connectivity index is 1.52. The van der Waals surface area contributed by atoms with E-state index in [1.54, 1.807) is 0 Å². The van der Waals surface area contributed by atoms with Crippen molar-refractivity contribution in [3.8, 4) is 0 Å². The van der Waals surface area contributed by atoms with E-state index in [9.17, 15) is 4.79 Å². The van der Waals surface area contributed by atoms with Gasteiger partial charge < -0.3 is 14.0 Å². The SMILES string of the molecule is Cc1cn(C)c([C@@H]2CCCN(C(=O)Cn3c(C)nc4ccccc43)C2)n1. The number of likely N-dealkylation sites (tertiary alicyclic amines) is 1. The van der Waals surface area contributed by atoms with Gasteiger partial charge in [-0.3, -0.25) is 4.79 Å². The van der Waals surface area contributed by atoms with Crippen molar-refractivity contribution in [3.63, 3.8) is 0 Å². The first-order valence-electron chi connectivity index (χ1n) is 9.22. The fourth-order valence-electron chi connectivity index (χ4n) is 4.06. The molecular weight excluding hydrogens is 326 g/mol. The van der Waals surface area contributed by atoms with Crippen LogP contribution in [0.1, 0.15) is 36.1 Å². The second-order valence-corrected chi connectivity index (χ2v) is 7.26. The summed E-state index contributed by atoms with van der Waals surface area (Å²) in [4.78, 5) is 24.2. The summed E-state index contributed by atoms with van der Waals surface area (Å²) in [6.45, 7) is 5.89. The Morgan fingerprint density at radius 2 is 2.04 bits per heavy atom. The number of hydrogen-bond acceptors (Lipinski definition) is 3. The Kier molecular flexibility index (Phi) is 4.26. The highest BCUT2D eigenvalue weighted by molar-refractivity contribution is 5.81. The summed E-state index contributed by atoms with van der Waals surface area (Å²) in [6.07, 6.45) is 4.16. The van der Waals surface area contributed by atoms with Crippen molar-refractivity contribution < 1.29 is 4.79 Å². The number of para-hydroxylation sites is 2. The molecule has 0 N–H and O–H groups in total. The number of aromatic nitrogens is 4. The maximum atomic E-state index is 13.0. The van der Waals surface area contributed by atoms with Crippen molar-refractivity contribution in [2.75, 3.05) is 13.1 Å². The van der Waals surface area contributed by atoms with E-state index in [2.05, 4.69) is 20.7 Å². The van der Waals surface area contributed by atoms with Gasteiger partial charge in [0.2, 0.25) is 5.91 Å². The number of fused-ring (bicyclic) bond motifs is 1. The molecule has 26 heavy (non-hydrogen) atoms. The van der Waals surface area contributed by atoms with E-state index in [1.807, 2.05) is 54.6 Å². The number of carbonyl (C=O) groups excluding carboxylic acids is 1. The Bertz CT molecular complexity index is 954. The summed E-state index contributed by atoms with van der Waals surface area (Å²) in [6, 6.07) is 7.98. The van der Waals surface area contributed by atoms with Crippen LogP contribution in [-0.4, -0.2) is 43.0 Å². The first-order chi connectivity index (χ1) is 12.5. The minimum absolute atomic E-state index is 0.159. The van der Waals surface area contributed by atoms with Gasteiger partial charge >= 0.3 is 0 Å². The second kappa shape index (κ2) is 6.59. The number of benzene rings is 1. The quantitative estimate of drug-likeness (QED) is 0.729. The number of nitrogens with zero attached hydrogens (tertiary/aromatic N) is 5. The first-order valence-corrected chi connectivity index (χ1v) is 9.22. The number of piperidine rings is 1. The molecule has 1 aliphatic rings. The van der Waals surface area contributed by atoms with Crippen LogP contribution >= 0.6 is 0 Å². The van der Waals surface area contributed by atoms with E-state index in [-0.39, 0.29) is 5.91 Å². The number of amides is 1. The lowest BCUT2D eigenvalue weighted by Crippen LogP contribution is -2.41. The van der Waals surface area contributed by atoms with Crippen LogP contribution in [0.2, 0.25) is 0 Å². The molecule has 6 heteroatoms. The zero-order chi connectivity index (χ0) is 18.3. The molecule has 1 fully saturated rings. The van der Waals surface area contributed by atoms with Crippen LogP contribution in [0.5, 0.6) is 0 Å². The monoisotopic (exact) mass is 351 g/mol. The molecule has 0 saturated carbocycles. The molecule has 0 aliphatic carbocycles. The highest BCUT2D eigenvalue weighted by Crippen LogP contribution is 2.26. The van der Waals surface area contributed by atoms with Crippen LogP contribution in [-0.2, 0) is 18.4 Å². The molecule has 1 aliphatic heterocycles. The number of imidazole rings is 2. The summed E-state index contributed by atoms with van der Waals surface area (Å²) < 4.78 is 4.12. The zero-order valence-electron chi connectivity index (χ0n) is 15.6. The molecule has 2 aromatic heterocycles. The normalized spacial score (nSPS) is 17.8. The topological polar surface area (TPSA) is 56.0 Å². The third-order valence-electron chi connectivity index (χ3n) is 5.31. The fraction of sp³-hybridized carbons (Fsp3) is 0.450. The molecule has 1 atom stereocenters. The van der Waals surface area contributed by atoms with Gasteiger partial charge in [0, 0.05) is 32.3 Å². The van der Waals surface area contributed by atoms with Crippen LogP contribution < -0.4 is 0 Å². The Morgan fingerprint density at radius 1 is 1.23 bits per heavy atom. The summed E-state index contributed by atoms with van der Waals surface area (Å²) in [7, 11) is 2.04. The summed E-state index contributed by atoms with van der Waals surface area (Å²) >= 11 is 0. The van der Waals surface area contributed by atoms with E-state index in [0.29, 0.717) is 12.5 Å².